The number of rotatable bonds is 7. The minimum atomic E-state index is -3.60. The molecule has 0 aromatic heterocycles. The maximum Gasteiger partial charge on any atom is 0.529 e. The number of carbonyl (C=O) groups excluding carboxylic acids is 1. The van der Waals surface area contributed by atoms with Crippen molar-refractivity contribution < 1.29 is 22.9 Å². The van der Waals surface area contributed by atoms with E-state index in [1.54, 1.807) is 27.9 Å². The third-order valence-corrected chi connectivity index (χ3v) is 3.26. The Morgan fingerprint density at radius 3 is 2.06 bits per heavy atom. The second-order valence-corrected chi connectivity index (χ2v) is 4.96. The Hall–Kier alpha value is -0.840. The molecule has 0 aliphatic carbocycles. The van der Waals surface area contributed by atoms with Crippen LogP contribution >= 0.6 is 7.82 Å². The highest BCUT2D eigenvalue weighted by molar-refractivity contribution is 7.48. The summed E-state index contributed by atoms with van der Waals surface area (Å²) < 4.78 is 26.9. The van der Waals surface area contributed by atoms with Gasteiger partial charge < -0.3 is 9.42 Å². The van der Waals surface area contributed by atoms with Crippen molar-refractivity contribution in [3.63, 3.8) is 0 Å². The molecule has 0 radical (unpaired) electrons. The van der Waals surface area contributed by atoms with Crippen molar-refractivity contribution in [3.8, 4) is 0 Å². The van der Waals surface area contributed by atoms with Gasteiger partial charge in [0.1, 0.15) is 5.76 Å². The van der Waals surface area contributed by atoms with Crippen LogP contribution in [-0.4, -0.2) is 38.1 Å². The minimum absolute atomic E-state index is 0.189. The molecule has 0 aliphatic heterocycles. The number of likely N-dealkylation sites (N-methyl/N-ethyl adjacent to an activating group) is 1. The van der Waals surface area contributed by atoms with Crippen molar-refractivity contribution in [1.29, 1.82) is 0 Å². The van der Waals surface area contributed by atoms with E-state index >= 15 is 0 Å². The number of phosphoric acid groups is 1. The average molecular weight is 265 g/mol. The molecule has 0 heterocycles. The van der Waals surface area contributed by atoms with Crippen LogP contribution in [0, 0.1) is 0 Å². The standard InChI is InChI=1S/C10H20NO5P/c1-6-14-17(13,15-7-2)16-9(3)8-10(12)11(4)5/h8H,6-7H2,1-5H3. The van der Waals surface area contributed by atoms with Crippen molar-refractivity contribution >= 4 is 13.7 Å². The van der Waals surface area contributed by atoms with E-state index in [2.05, 4.69) is 0 Å². The molecule has 0 saturated heterocycles. The molecular formula is C10H20NO5P. The largest absolute Gasteiger partial charge is 0.529 e. The molecule has 1 amide bonds. The molecule has 0 atom stereocenters. The van der Waals surface area contributed by atoms with Crippen molar-refractivity contribution in [3.05, 3.63) is 11.8 Å². The molecule has 0 rings (SSSR count). The SMILES string of the molecule is CCOP(=O)(OCC)OC(C)=CC(=O)N(C)C. The van der Waals surface area contributed by atoms with Crippen LogP contribution in [0.3, 0.4) is 0 Å². The molecule has 0 saturated carbocycles. The number of carbonyl (C=O) groups is 1. The first-order valence-electron chi connectivity index (χ1n) is 5.33. The molecule has 0 bridgehead atoms. The maximum absolute atomic E-state index is 11.9. The van der Waals surface area contributed by atoms with Gasteiger partial charge in [-0.05, 0) is 20.8 Å². The van der Waals surface area contributed by atoms with E-state index in [0.717, 1.165) is 0 Å². The fraction of sp³-hybridized carbons (Fsp3) is 0.700. The van der Waals surface area contributed by atoms with Gasteiger partial charge in [-0.25, -0.2) is 4.57 Å². The van der Waals surface area contributed by atoms with Gasteiger partial charge >= 0.3 is 7.82 Å². The first-order chi connectivity index (χ1) is 7.84. The van der Waals surface area contributed by atoms with E-state index in [1.165, 1.54) is 17.9 Å². The van der Waals surface area contributed by atoms with Gasteiger partial charge in [-0.2, -0.15) is 0 Å². The molecule has 17 heavy (non-hydrogen) atoms. The van der Waals surface area contributed by atoms with Crippen molar-refractivity contribution in [2.45, 2.75) is 20.8 Å². The molecule has 7 heteroatoms. The highest BCUT2D eigenvalue weighted by Gasteiger charge is 2.27. The summed E-state index contributed by atoms with van der Waals surface area (Å²) in [6, 6.07) is 0. The van der Waals surface area contributed by atoms with Crippen LogP contribution in [0.1, 0.15) is 20.8 Å². The topological polar surface area (TPSA) is 65.1 Å². The molecule has 6 nitrogen and oxygen atoms in total. The van der Waals surface area contributed by atoms with Crippen LogP contribution < -0.4 is 0 Å². The number of hydrogen-bond donors (Lipinski definition) is 0. The van der Waals surface area contributed by atoms with Crippen LogP contribution in [0.25, 0.3) is 0 Å². The predicted octanol–water partition coefficient (Wildman–Crippen LogP) is 2.18. The van der Waals surface area contributed by atoms with Crippen LogP contribution in [0.4, 0.5) is 0 Å². The van der Waals surface area contributed by atoms with Gasteiger partial charge in [-0.15, -0.1) is 0 Å². The Morgan fingerprint density at radius 2 is 1.71 bits per heavy atom. The van der Waals surface area contributed by atoms with Crippen LogP contribution in [0.5, 0.6) is 0 Å². The fourth-order valence-corrected chi connectivity index (χ4v) is 2.13. The van der Waals surface area contributed by atoms with Gasteiger partial charge in [0, 0.05) is 20.2 Å². The lowest BCUT2D eigenvalue weighted by molar-refractivity contribution is -0.123. The lowest BCUT2D eigenvalue weighted by atomic mass is 10.4. The van der Waals surface area contributed by atoms with Gasteiger partial charge in [-0.3, -0.25) is 13.8 Å². The number of amides is 1. The normalized spacial score (nSPS) is 12.4. The van der Waals surface area contributed by atoms with E-state index in [9.17, 15) is 9.36 Å². The predicted molar refractivity (Wildman–Crippen MR) is 64.4 cm³/mol. The zero-order valence-corrected chi connectivity index (χ0v) is 11.8. The second-order valence-electron chi connectivity index (χ2n) is 3.36. The van der Waals surface area contributed by atoms with Crippen LogP contribution in [0.15, 0.2) is 11.8 Å². The molecular weight excluding hydrogens is 245 g/mol. The summed E-state index contributed by atoms with van der Waals surface area (Å²) >= 11 is 0. The van der Waals surface area contributed by atoms with Gasteiger partial charge in [0.15, 0.2) is 0 Å². The highest BCUT2D eigenvalue weighted by Crippen LogP contribution is 2.51. The zero-order valence-electron chi connectivity index (χ0n) is 10.9. The highest BCUT2D eigenvalue weighted by atomic mass is 31.2. The Balaban J connectivity index is 4.66. The number of allylic oxidation sites excluding steroid dienone is 1. The third kappa shape index (κ3) is 6.46. The summed E-state index contributed by atoms with van der Waals surface area (Å²) in [4.78, 5) is 12.7. The van der Waals surface area contributed by atoms with E-state index in [4.69, 9.17) is 13.6 Å². The van der Waals surface area contributed by atoms with Crippen LogP contribution in [-0.2, 0) is 22.9 Å². The maximum atomic E-state index is 11.9. The summed E-state index contributed by atoms with van der Waals surface area (Å²) in [5.41, 5.74) is 0. The zero-order chi connectivity index (χ0) is 13.5. The second kappa shape index (κ2) is 7.48. The molecule has 0 fully saturated rings. The van der Waals surface area contributed by atoms with Crippen molar-refractivity contribution in [2.75, 3.05) is 27.3 Å². The monoisotopic (exact) mass is 265 g/mol. The Labute approximate surface area is 102 Å². The Bertz CT molecular complexity index is 317. The summed E-state index contributed by atoms with van der Waals surface area (Å²) in [5.74, 6) is -0.0732. The number of phosphoric ester groups is 1. The summed E-state index contributed by atoms with van der Waals surface area (Å²) in [7, 11) is -0.385. The van der Waals surface area contributed by atoms with Crippen molar-refractivity contribution in [1.82, 2.24) is 4.90 Å². The van der Waals surface area contributed by atoms with Gasteiger partial charge in [0.25, 0.3) is 0 Å². The molecule has 0 aliphatic rings. The van der Waals surface area contributed by atoms with E-state index in [0.29, 0.717) is 0 Å². The van der Waals surface area contributed by atoms with Gasteiger partial charge in [0.2, 0.25) is 5.91 Å². The Morgan fingerprint density at radius 1 is 1.24 bits per heavy atom. The fourth-order valence-electron chi connectivity index (χ4n) is 0.912. The van der Waals surface area contributed by atoms with Crippen molar-refractivity contribution in [2.24, 2.45) is 0 Å². The lowest BCUT2D eigenvalue weighted by Gasteiger charge is -2.17. The summed E-state index contributed by atoms with van der Waals surface area (Å²) in [5, 5.41) is 0. The number of nitrogens with zero attached hydrogens (tertiary/aromatic N) is 1. The lowest BCUT2D eigenvalue weighted by Crippen LogP contribution is -2.19. The molecule has 0 N–H and O–H groups in total. The van der Waals surface area contributed by atoms with Gasteiger partial charge in [-0.1, -0.05) is 0 Å². The molecule has 0 unspecified atom stereocenters. The van der Waals surface area contributed by atoms with E-state index in [1.807, 2.05) is 0 Å². The quantitative estimate of drug-likeness (QED) is 0.401. The molecule has 0 aromatic rings. The summed E-state index contributed by atoms with van der Waals surface area (Å²) in [6.45, 7) is 5.28. The number of hydrogen-bond acceptors (Lipinski definition) is 5. The molecule has 0 aromatic carbocycles. The average Bonchev–Trinajstić information content (AvgIpc) is 2.16. The van der Waals surface area contributed by atoms with Gasteiger partial charge in [0.05, 0.1) is 13.2 Å². The van der Waals surface area contributed by atoms with Crippen LogP contribution in [0.2, 0.25) is 0 Å². The smallest absolute Gasteiger partial charge is 0.409 e. The molecule has 100 valence electrons. The summed E-state index contributed by atoms with van der Waals surface area (Å²) in [6.07, 6.45) is 1.23. The molecule has 0 spiro atoms. The van der Waals surface area contributed by atoms with E-state index < -0.39 is 7.82 Å². The third-order valence-electron chi connectivity index (χ3n) is 1.60. The first-order valence-corrected chi connectivity index (χ1v) is 6.79. The Kier molecular flexibility index (Phi) is 7.11. The van der Waals surface area contributed by atoms with E-state index in [-0.39, 0.29) is 24.9 Å². The first kappa shape index (κ1) is 16.2. The minimum Gasteiger partial charge on any atom is -0.409 e.